The molecule has 0 spiro atoms. The molecule has 2 nitrogen and oxygen atoms in total. The van der Waals surface area contributed by atoms with E-state index in [0.29, 0.717) is 18.9 Å². The molecule has 0 saturated heterocycles. The zero-order chi connectivity index (χ0) is 14.4. The van der Waals surface area contributed by atoms with Gasteiger partial charge in [-0.1, -0.05) is 55.5 Å². The van der Waals surface area contributed by atoms with Crippen molar-refractivity contribution in [3.05, 3.63) is 60.7 Å². The molecule has 2 heteroatoms. The fraction of sp³-hybridized carbons (Fsp3) is 0.444. The van der Waals surface area contributed by atoms with Crippen molar-refractivity contribution in [1.82, 2.24) is 0 Å². The summed E-state index contributed by atoms with van der Waals surface area (Å²) in [6.45, 7) is 6.55. The minimum atomic E-state index is -0.748. The Kier molecular flexibility index (Phi) is 5.16. The highest BCUT2D eigenvalue weighted by molar-refractivity contribution is 5.14. The lowest BCUT2D eigenvalue weighted by Gasteiger charge is -2.32. The molecule has 20 heavy (non-hydrogen) atoms. The van der Waals surface area contributed by atoms with Crippen molar-refractivity contribution in [2.24, 2.45) is 5.92 Å². The molecule has 0 aliphatic heterocycles. The maximum Gasteiger partial charge on any atom is 0.0855 e. The zero-order valence-electron chi connectivity index (χ0n) is 12.2. The molecular formula is C18H24O2. The van der Waals surface area contributed by atoms with Crippen LogP contribution < -0.4 is 0 Å². The fourth-order valence-electron chi connectivity index (χ4n) is 2.51. The summed E-state index contributed by atoms with van der Waals surface area (Å²) in [5.41, 5.74) is 0.390. The molecule has 0 fully saturated rings. The van der Waals surface area contributed by atoms with Gasteiger partial charge in [-0.15, -0.1) is 6.58 Å². The van der Waals surface area contributed by atoms with E-state index in [9.17, 15) is 5.11 Å². The monoisotopic (exact) mass is 272 g/mol. The number of hydrogen-bond donors (Lipinski definition) is 1. The topological polar surface area (TPSA) is 29.5 Å². The first-order valence-corrected chi connectivity index (χ1v) is 7.31. The first-order valence-electron chi connectivity index (χ1n) is 7.31. The molecule has 0 unspecified atom stereocenters. The lowest BCUT2D eigenvalue weighted by molar-refractivity contribution is -0.00992. The highest BCUT2D eigenvalue weighted by Crippen LogP contribution is 2.30. The summed E-state index contributed by atoms with van der Waals surface area (Å²) in [5.74, 6) is 0.558. The van der Waals surface area contributed by atoms with Gasteiger partial charge in [-0.2, -0.15) is 0 Å². The third-order valence-corrected chi connectivity index (χ3v) is 3.89. The average Bonchev–Trinajstić information content (AvgIpc) is 2.48. The summed E-state index contributed by atoms with van der Waals surface area (Å²) >= 11 is 0. The molecule has 1 aromatic carbocycles. The van der Waals surface area contributed by atoms with E-state index in [4.69, 9.17) is 4.74 Å². The Hall–Kier alpha value is -1.38. The second-order valence-electron chi connectivity index (χ2n) is 5.75. The number of aliphatic hydroxyl groups is 1. The van der Waals surface area contributed by atoms with Crippen molar-refractivity contribution in [2.75, 3.05) is 0 Å². The largest absolute Gasteiger partial charge is 0.386 e. The van der Waals surface area contributed by atoms with E-state index in [1.165, 1.54) is 0 Å². The summed E-state index contributed by atoms with van der Waals surface area (Å²) in [4.78, 5) is 0. The van der Waals surface area contributed by atoms with Crippen molar-refractivity contribution < 1.29 is 9.84 Å². The molecule has 0 aromatic heterocycles. The van der Waals surface area contributed by atoms with Crippen LogP contribution in [0.25, 0.3) is 0 Å². The molecule has 0 bridgehead atoms. The number of hydrogen-bond acceptors (Lipinski definition) is 2. The van der Waals surface area contributed by atoms with E-state index >= 15 is 0 Å². The van der Waals surface area contributed by atoms with Crippen LogP contribution in [0.4, 0.5) is 0 Å². The van der Waals surface area contributed by atoms with Crippen LogP contribution in [-0.4, -0.2) is 16.8 Å². The number of rotatable bonds is 6. The second-order valence-corrected chi connectivity index (χ2v) is 5.75. The maximum absolute atomic E-state index is 10.6. The number of benzene rings is 1. The maximum atomic E-state index is 10.6. The van der Waals surface area contributed by atoms with E-state index < -0.39 is 5.60 Å². The van der Waals surface area contributed by atoms with Gasteiger partial charge in [0.25, 0.3) is 0 Å². The van der Waals surface area contributed by atoms with Crippen LogP contribution in [0.15, 0.2) is 55.1 Å². The van der Waals surface area contributed by atoms with Crippen LogP contribution in [0.3, 0.4) is 0 Å². The number of allylic oxidation sites excluding steroid dienone is 1. The van der Waals surface area contributed by atoms with E-state index in [1.54, 1.807) is 6.08 Å². The Labute approximate surface area is 121 Å². The predicted molar refractivity (Wildman–Crippen MR) is 82.3 cm³/mol. The summed E-state index contributed by atoms with van der Waals surface area (Å²) in [7, 11) is 0. The minimum Gasteiger partial charge on any atom is -0.386 e. The molecule has 1 aromatic rings. The van der Waals surface area contributed by atoms with Gasteiger partial charge in [-0.3, -0.25) is 0 Å². The molecule has 1 N–H and O–H groups in total. The lowest BCUT2D eigenvalue weighted by atomic mass is 9.82. The molecule has 1 aliphatic carbocycles. The Morgan fingerprint density at radius 3 is 2.80 bits per heavy atom. The van der Waals surface area contributed by atoms with Gasteiger partial charge in [-0.25, -0.2) is 0 Å². The molecule has 1 aliphatic rings. The highest BCUT2D eigenvalue weighted by atomic mass is 16.5. The highest BCUT2D eigenvalue weighted by Gasteiger charge is 2.30. The average molecular weight is 272 g/mol. The van der Waals surface area contributed by atoms with Crippen LogP contribution in [0.5, 0.6) is 0 Å². The molecule has 0 amide bonds. The second kappa shape index (κ2) is 6.87. The smallest absolute Gasteiger partial charge is 0.0855 e. The van der Waals surface area contributed by atoms with Crippen molar-refractivity contribution in [3.8, 4) is 0 Å². The first-order chi connectivity index (χ1) is 9.61. The van der Waals surface area contributed by atoms with E-state index in [0.717, 1.165) is 18.4 Å². The minimum absolute atomic E-state index is 0.127. The van der Waals surface area contributed by atoms with Gasteiger partial charge in [0.1, 0.15) is 0 Å². The predicted octanol–water partition coefficient (Wildman–Crippen LogP) is 3.87. The van der Waals surface area contributed by atoms with Crippen LogP contribution in [0.1, 0.15) is 31.7 Å². The molecule has 0 saturated carbocycles. The summed E-state index contributed by atoms with van der Waals surface area (Å²) in [5, 5.41) is 10.6. The van der Waals surface area contributed by atoms with Gasteiger partial charge in [0.05, 0.1) is 18.3 Å². The van der Waals surface area contributed by atoms with E-state index in [-0.39, 0.29) is 6.10 Å². The van der Waals surface area contributed by atoms with Gasteiger partial charge in [-0.05, 0) is 24.3 Å². The van der Waals surface area contributed by atoms with Crippen LogP contribution in [0, 0.1) is 5.92 Å². The fourth-order valence-corrected chi connectivity index (χ4v) is 2.51. The van der Waals surface area contributed by atoms with Gasteiger partial charge in [0.2, 0.25) is 0 Å². The Morgan fingerprint density at radius 1 is 1.45 bits per heavy atom. The van der Waals surface area contributed by atoms with Crippen LogP contribution >= 0.6 is 0 Å². The Bertz CT molecular complexity index is 452. The van der Waals surface area contributed by atoms with E-state index in [1.807, 2.05) is 36.4 Å². The van der Waals surface area contributed by atoms with Gasteiger partial charge in [0, 0.05) is 6.42 Å². The summed E-state index contributed by atoms with van der Waals surface area (Å²) in [6, 6.07) is 10.1. The quantitative estimate of drug-likeness (QED) is 0.797. The third kappa shape index (κ3) is 4.32. The van der Waals surface area contributed by atoms with Crippen LogP contribution in [-0.2, 0) is 11.3 Å². The van der Waals surface area contributed by atoms with Crippen molar-refractivity contribution in [3.63, 3.8) is 0 Å². The molecule has 3 atom stereocenters. The molecule has 2 rings (SSSR count). The molecular weight excluding hydrogens is 248 g/mol. The van der Waals surface area contributed by atoms with E-state index in [2.05, 4.69) is 19.6 Å². The Balaban J connectivity index is 1.89. The molecule has 0 radical (unpaired) electrons. The summed E-state index contributed by atoms with van der Waals surface area (Å²) < 4.78 is 5.86. The van der Waals surface area contributed by atoms with Gasteiger partial charge < -0.3 is 9.84 Å². The normalized spacial score (nSPS) is 27.2. The van der Waals surface area contributed by atoms with Crippen LogP contribution in [0.2, 0.25) is 0 Å². The van der Waals surface area contributed by atoms with Crippen molar-refractivity contribution >= 4 is 0 Å². The van der Waals surface area contributed by atoms with Crippen molar-refractivity contribution in [2.45, 2.75) is 44.5 Å². The SMILES string of the molecule is C=C[C@@H](C[C@]1(O)C=C[C@@H](C)CC1)OCc1ccccc1. The van der Waals surface area contributed by atoms with Gasteiger partial charge in [0.15, 0.2) is 0 Å². The lowest BCUT2D eigenvalue weighted by Crippen LogP contribution is -2.34. The summed E-state index contributed by atoms with van der Waals surface area (Å²) in [6.07, 6.45) is 8.08. The molecule has 108 valence electrons. The standard InChI is InChI=1S/C18H24O2/c1-3-17(20-14-16-7-5-4-6-8-16)13-18(19)11-9-15(2)10-12-18/h3-9,11,15,17,19H,1,10,12-14H2,2H3/t15-,17+,18+/m1/s1. The third-order valence-electron chi connectivity index (χ3n) is 3.89. The number of ether oxygens (including phenoxy) is 1. The Morgan fingerprint density at radius 2 is 2.20 bits per heavy atom. The van der Waals surface area contributed by atoms with Crippen molar-refractivity contribution in [1.29, 1.82) is 0 Å². The first kappa shape index (κ1) is 15.0. The van der Waals surface area contributed by atoms with Gasteiger partial charge >= 0.3 is 0 Å². The zero-order valence-corrected chi connectivity index (χ0v) is 12.2. The molecule has 0 heterocycles.